The third kappa shape index (κ3) is 2.32. The van der Waals surface area contributed by atoms with Crippen LogP contribution in [0.4, 0.5) is 5.13 Å². The smallest absolute Gasteiger partial charge is 0.185 e. The predicted molar refractivity (Wildman–Crippen MR) is 67.8 cm³/mol. The summed E-state index contributed by atoms with van der Waals surface area (Å²) in [5.74, 6) is 0. The van der Waals surface area contributed by atoms with Crippen molar-refractivity contribution in [1.29, 1.82) is 0 Å². The molecule has 0 unspecified atom stereocenters. The standard InChI is InChI=1S/C10H15N3OS.ClH/c1-6-14-7-9-8(1)12-10(15-9)13-4-2-11-3-5-13;/h11H,1-7H2;1H. The summed E-state index contributed by atoms with van der Waals surface area (Å²) in [5.41, 5.74) is 1.26. The summed E-state index contributed by atoms with van der Waals surface area (Å²) >= 11 is 1.80. The van der Waals surface area contributed by atoms with Gasteiger partial charge in [-0.05, 0) is 0 Å². The first kappa shape index (κ1) is 12.1. The Morgan fingerprint density at radius 1 is 1.31 bits per heavy atom. The Morgan fingerprint density at radius 3 is 2.88 bits per heavy atom. The second-order valence-corrected chi connectivity index (χ2v) is 4.97. The number of ether oxygens (including phenoxy) is 1. The van der Waals surface area contributed by atoms with E-state index in [1.165, 1.54) is 15.7 Å². The lowest BCUT2D eigenvalue weighted by Crippen LogP contribution is -2.43. The molecular weight excluding hydrogens is 246 g/mol. The fourth-order valence-corrected chi connectivity index (χ4v) is 3.10. The van der Waals surface area contributed by atoms with Crippen molar-refractivity contribution in [3.05, 3.63) is 10.6 Å². The van der Waals surface area contributed by atoms with Crippen LogP contribution in [0.1, 0.15) is 10.6 Å². The zero-order chi connectivity index (χ0) is 10.1. The minimum absolute atomic E-state index is 0. The molecule has 6 heteroatoms. The van der Waals surface area contributed by atoms with Crippen LogP contribution in [-0.4, -0.2) is 37.8 Å². The Morgan fingerprint density at radius 2 is 2.12 bits per heavy atom. The number of rotatable bonds is 1. The van der Waals surface area contributed by atoms with Crippen molar-refractivity contribution in [3.8, 4) is 0 Å². The van der Waals surface area contributed by atoms with Crippen molar-refractivity contribution in [2.75, 3.05) is 37.7 Å². The SMILES string of the molecule is C1CN(c2nc3c(s2)COCC3)CCN1.Cl. The molecule has 0 radical (unpaired) electrons. The Kier molecular flexibility index (Phi) is 4.02. The fraction of sp³-hybridized carbons (Fsp3) is 0.700. The highest BCUT2D eigenvalue weighted by atomic mass is 35.5. The topological polar surface area (TPSA) is 37.4 Å². The number of aromatic nitrogens is 1. The maximum atomic E-state index is 5.44. The van der Waals surface area contributed by atoms with Gasteiger partial charge in [0.1, 0.15) is 0 Å². The van der Waals surface area contributed by atoms with E-state index in [1.807, 2.05) is 0 Å². The van der Waals surface area contributed by atoms with Crippen LogP contribution in [0.5, 0.6) is 0 Å². The number of hydrogen-bond acceptors (Lipinski definition) is 5. The molecule has 0 amide bonds. The van der Waals surface area contributed by atoms with E-state index >= 15 is 0 Å². The summed E-state index contributed by atoms with van der Waals surface area (Å²) in [6, 6.07) is 0. The van der Waals surface area contributed by atoms with Crippen LogP contribution in [0.25, 0.3) is 0 Å². The molecule has 0 aromatic carbocycles. The summed E-state index contributed by atoms with van der Waals surface area (Å²) in [6.45, 7) is 5.89. The van der Waals surface area contributed by atoms with Crippen LogP contribution >= 0.6 is 23.7 Å². The van der Waals surface area contributed by atoms with Crippen molar-refractivity contribution >= 4 is 28.9 Å². The molecule has 0 atom stereocenters. The largest absolute Gasteiger partial charge is 0.375 e. The van der Waals surface area contributed by atoms with Gasteiger partial charge in [0.15, 0.2) is 5.13 Å². The van der Waals surface area contributed by atoms with Crippen molar-refractivity contribution in [1.82, 2.24) is 10.3 Å². The monoisotopic (exact) mass is 261 g/mol. The van der Waals surface area contributed by atoms with Crippen LogP contribution in [-0.2, 0) is 17.8 Å². The normalized spacial score (nSPS) is 20.1. The van der Waals surface area contributed by atoms with E-state index in [2.05, 4.69) is 10.2 Å². The zero-order valence-corrected chi connectivity index (χ0v) is 10.7. The van der Waals surface area contributed by atoms with E-state index in [9.17, 15) is 0 Å². The van der Waals surface area contributed by atoms with Gasteiger partial charge in [-0.2, -0.15) is 0 Å². The van der Waals surface area contributed by atoms with E-state index in [0.29, 0.717) is 0 Å². The third-order valence-corrected chi connectivity index (χ3v) is 4.00. The fourth-order valence-electron chi connectivity index (χ4n) is 2.00. The predicted octanol–water partition coefficient (Wildman–Crippen LogP) is 1.05. The van der Waals surface area contributed by atoms with Gasteiger partial charge in [-0.3, -0.25) is 0 Å². The average Bonchev–Trinajstić information content (AvgIpc) is 2.74. The van der Waals surface area contributed by atoms with E-state index < -0.39 is 0 Å². The van der Waals surface area contributed by atoms with Crippen LogP contribution in [0.15, 0.2) is 0 Å². The van der Waals surface area contributed by atoms with E-state index in [-0.39, 0.29) is 12.4 Å². The second-order valence-electron chi connectivity index (χ2n) is 3.91. The van der Waals surface area contributed by atoms with Gasteiger partial charge in [-0.1, -0.05) is 11.3 Å². The van der Waals surface area contributed by atoms with Crippen LogP contribution in [0, 0.1) is 0 Å². The van der Waals surface area contributed by atoms with E-state index in [1.54, 1.807) is 11.3 Å². The quantitative estimate of drug-likeness (QED) is 0.820. The highest BCUT2D eigenvalue weighted by Crippen LogP contribution is 2.29. The molecule has 4 nitrogen and oxygen atoms in total. The van der Waals surface area contributed by atoms with E-state index in [0.717, 1.165) is 45.8 Å². The molecule has 1 aromatic heterocycles. The lowest BCUT2D eigenvalue weighted by atomic mass is 10.2. The summed E-state index contributed by atoms with van der Waals surface area (Å²) in [4.78, 5) is 8.41. The van der Waals surface area contributed by atoms with Crippen LogP contribution in [0.2, 0.25) is 0 Å². The third-order valence-electron chi connectivity index (χ3n) is 2.87. The van der Waals surface area contributed by atoms with Crippen LogP contribution in [0.3, 0.4) is 0 Å². The van der Waals surface area contributed by atoms with Gasteiger partial charge in [-0.15, -0.1) is 12.4 Å². The Labute approximate surface area is 105 Å². The lowest BCUT2D eigenvalue weighted by Gasteiger charge is -2.26. The number of nitrogens with one attached hydrogen (secondary N) is 1. The minimum Gasteiger partial charge on any atom is -0.375 e. The van der Waals surface area contributed by atoms with E-state index in [4.69, 9.17) is 9.72 Å². The summed E-state index contributed by atoms with van der Waals surface area (Å²) in [5, 5.41) is 4.54. The minimum atomic E-state index is 0. The van der Waals surface area contributed by atoms with Gasteiger partial charge < -0.3 is 15.0 Å². The summed E-state index contributed by atoms with van der Waals surface area (Å²) in [6.07, 6.45) is 0.984. The van der Waals surface area contributed by atoms with Crippen molar-refractivity contribution in [2.45, 2.75) is 13.0 Å². The molecule has 16 heavy (non-hydrogen) atoms. The van der Waals surface area contributed by atoms with Crippen LogP contribution < -0.4 is 10.2 Å². The molecule has 90 valence electrons. The Hall–Kier alpha value is -0.360. The maximum absolute atomic E-state index is 5.44. The Balaban J connectivity index is 0.000000963. The molecular formula is C10H16ClN3OS. The number of halogens is 1. The highest BCUT2D eigenvalue weighted by Gasteiger charge is 2.19. The van der Waals surface area contributed by atoms with Gasteiger partial charge in [0.2, 0.25) is 0 Å². The number of nitrogens with zero attached hydrogens (tertiary/aromatic N) is 2. The number of fused-ring (bicyclic) bond motifs is 1. The molecule has 1 N–H and O–H groups in total. The first-order valence-corrected chi connectivity index (χ1v) is 6.27. The van der Waals surface area contributed by atoms with Gasteiger partial charge in [0, 0.05) is 32.6 Å². The Bertz CT molecular complexity index is 328. The molecule has 2 aliphatic rings. The van der Waals surface area contributed by atoms with Gasteiger partial charge >= 0.3 is 0 Å². The lowest BCUT2D eigenvalue weighted by molar-refractivity contribution is 0.112. The molecule has 0 bridgehead atoms. The van der Waals surface area contributed by atoms with Crippen molar-refractivity contribution < 1.29 is 4.74 Å². The molecule has 0 aliphatic carbocycles. The second kappa shape index (κ2) is 5.31. The molecule has 3 rings (SSSR count). The molecule has 1 saturated heterocycles. The molecule has 0 saturated carbocycles. The van der Waals surface area contributed by atoms with Crippen molar-refractivity contribution in [3.63, 3.8) is 0 Å². The molecule has 1 aromatic rings. The number of thiazole rings is 1. The van der Waals surface area contributed by atoms with Crippen molar-refractivity contribution in [2.24, 2.45) is 0 Å². The molecule has 3 heterocycles. The average molecular weight is 262 g/mol. The van der Waals surface area contributed by atoms with Gasteiger partial charge in [0.25, 0.3) is 0 Å². The number of hydrogen-bond donors (Lipinski definition) is 1. The van der Waals surface area contributed by atoms with Gasteiger partial charge in [-0.25, -0.2) is 4.98 Å². The first-order chi connectivity index (χ1) is 7.43. The first-order valence-electron chi connectivity index (χ1n) is 5.45. The highest BCUT2D eigenvalue weighted by molar-refractivity contribution is 7.15. The molecule has 2 aliphatic heterocycles. The zero-order valence-electron chi connectivity index (χ0n) is 9.07. The summed E-state index contributed by atoms with van der Waals surface area (Å²) < 4.78 is 5.44. The van der Waals surface area contributed by atoms with Gasteiger partial charge in [0.05, 0.1) is 23.8 Å². The number of piperazine rings is 1. The summed E-state index contributed by atoms with van der Waals surface area (Å²) in [7, 11) is 0. The molecule has 1 fully saturated rings. The number of anilines is 1. The molecule has 0 spiro atoms. The maximum Gasteiger partial charge on any atom is 0.185 e.